The fourth-order valence-electron chi connectivity index (χ4n) is 2.36. The van der Waals surface area contributed by atoms with Gasteiger partial charge in [0.2, 0.25) is 0 Å². The van der Waals surface area contributed by atoms with E-state index in [1.165, 1.54) is 7.05 Å². The molecule has 1 atom stereocenters. The second kappa shape index (κ2) is 6.19. The Morgan fingerprint density at radius 3 is 2.58 bits per heavy atom. The minimum absolute atomic E-state index is 0.0161. The van der Waals surface area contributed by atoms with Gasteiger partial charge in [-0.25, -0.2) is 0 Å². The lowest BCUT2D eigenvalue weighted by molar-refractivity contribution is -0.137. The lowest BCUT2D eigenvalue weighted by atomic mass is 9.74. The number of hydrogen-bond donors (Lipinski definition) is 2. The van der Waals surface area contributed by atoms with Crippen LogP contribution < -0.4 is 4.72 Å². The molecule has 6 nitrogen and oxygen atoms in total. The quantitative estimate of drug-likeness (QED) is 0.770. The van der Waals surface area contributed by atoms with Crippen LogP contribution in [0.1, 0.15) is 46.0 Å². The number of nitrogens with zero attached hydrogens (tertiary/aromatic N) is 1. The summed E-state index contributed by atoms with van der Waals surface area (Å²) in [5, 5.41) is 8.59. The summed E-state index contributed by atoms with van der Waals surface area (Å²) >= 11 is 0. The number of rotatable bonds is 6. The topological polar surface area (TPSA) is 86.7 Å². The van der Waals surface area contributed by atoms with Crippen molar-refractivity contribution >= 4 is 16.2 Å². The van der Waals surface area contributed by atoms with Crippen molar-refractivity contribution in [3.05, 3.63) is 0 Å². The number of aliphatic carboxylic acids is 1. The monoisotopic (exact) mass is 292 g/mol. The minimum atomic E-state index is -3.61. The first-order valence-corrected chi connectivity index (χ1v) is 8.04. The van der Waals surface area contributed by atoms with Crippen LogP contribution in [0.4, 0.5) is 0 Å². The highest BCUT2D eigenvalue weighted by molar-refractivity contribution is 7.87. The number of carbonyl (C=O) groups is 1. The molecule has 0 bridgehead atoms. The maximum Gasteiger partial charge on any atom is 0.304 e. The molecular weight excluding hydrogens is 268 g/mol. The number of carboxylic acids is 1. The zero-order chi connectivity index (χ0) is 14.7. The second-order valence-corrected chi connectivity index (χ2v) is 7.68. The van der Waals surface area contributed by atoms with Gasteiger partial charge >= 0.3 is 5.97 Å². The SMILES string of the molecule is CN(CCC(=O)O)S(=O)(=O)NC1CCCCC1(C)C. The molecule has 1 rings (SSSR count). The Balaban J connectivity index is 2.65. The molecule has 1 aliphatic rings. The van der Waals surface area contributed by atoms with Gasteiger partial charge in [0.25, 0.3) is 10.2 Å². The van der Waals surface area contributed by atoms with Gasteiger partial charge in [-0.15, -0.1) is 0 Å². The van der Waals surface area contributed by atoms with Crippen LogP contribution in [-0.2, 0) is 15.0 Å². The molecular formula is C12H24N2O4S. The van der Waals surface area contributed by atoms with Gasteiger partial charge in [-0.05, 0) is 18.3 Å². The van der Waals surface area contributed by atoms with Crippen molar-refractivity contribution in [1.29, 1.82) is 0 Å². The van der Waals surface area contributed by atoms with Gasteiger partial charge < -0.3 is 5.11 Å². The summed E-state index contributed by atoms with van der Waals surface area (Å²) in [7, 11) is -2.20. The molecule has 112 valence electrons. The highest BCUT2D eigenvalue weighted by atomic mass is 32.2. The van der Waals surface area contributed by atoms with E-state index in [9.17, 15) is 13.2 Å². The van der Waals surface area contributed by atoms with E-state index in [1.54, 1.807) is 0 Å². The Morgan fingerprint density at radius 1 is 1.42 bits per heavy atom. The third-order valence-electron chi connectivity index (χ3n) is 3.85. The smallest absolute Gasteiger partial charge is 0.304 e. The van der Waals surface area contributed by atoms with Crippen LogP contribution in [0.5, 0.6) is 0 Å². The van der Waals surface area contributed by atoms with Crippen molar-refractivity contribution in [2.75, 3.05) is 13.6 Å². The molecule has 19 heavy (non-hydrogen) atoms. The fourth-order valence-corrected chi connectivity index (χ4v) is 3.66. The average Bonchev–Trinajstić information content (AvgIpc) is 2.28. The molecule has 1 saturated carbocycles. The first kappa shape index (κ1) is 16.4. The molecule has 1 unspecified atom stereocenters. The summed E-state index contributed by atoms with van der Waals surface area (Å²) in [6, 6.07) is -0.0847. The lowest BCUT2D eigenvalue weighted by Gasteiger charge is -2.39. The van der Waals surface area contributed by atoms with E-state index in [4.69, 9.17) is 5.11 Å². The van der Waals surface area contributed by atoms with Gasteiger partial charge in [-0.1, -0.05) is 26.7 Å². The van der Waals surface area contributed by atoms with Crippen LogP contribution in [0.2, 0.25) is 0 Å². The Hall–Kier alpha value is -0.660. The fraction of sp³-hybridized carbons (Fsp3) is 0.917. The molecule has 0 spiro atoms. The highest BCUT2D eigenvalue weighted by Gasteiger charge is 2.35. The van der Waals surface area contributed by atoms with Crippen molar-refractivity contribution in [3.8, 4) is 0 Å². The van der Waals surface area contributed by atoms with Gasteiger partial charge in [0, 0.05) is 19.6 Å². The van der Waals surface area contributed by atoms with E-state index in [-0.39, 0.29) is 24.4 Å². The standard InChI is InChI=1S/C12H24N2O4S/c1-12(2)8-5-4-6-10(12)13-19(17,18)14(3)9-7-11(15)16/h10,13H,4-9H2,1-3H3,(H,15,16). The van der Waals surface area contributed by atoms with Crippen LogP contribution in [0.25, 0.3) is 0 Å². The predicted octanol–water partition coefficient (Wildman–Crippen LogP) is 1.20. The highest BCUT2D eigenvalue weighted by Crippen LogP contribution is 2.35. The van der Waals surface area contributed by atoms with E-state index in [0.29, 0.717) is 0 Å². The first-order chi connectivity index (χ1) is 8.65. The molecule has 0 amide bonds. The van der Waals surface area contributed by atoms with E-state index >= 15 is 0 Å². The maximum atomic E-state index is 12.1. The summed E-state index contributed by atoms with van der Waals surface area (Å²) in [5.74, 6) is -1.000. The van der Waals surface area contributed by atoms with Crippen LogP contribution in [0, 0.1) is 5.41 Å². The Morgan fingerprint density at radius 2 is 2.05 bits per heavy atom. The normalized spacial score (nSPS) is 23.5. The Labute approximate surface area is 115 Å². The van der Waals surface area contributed by atoms with Gasteiger partial charge in [0.15, 0.2) is 0 Å². The number of nitrogens with one attached hydrogen (secondary N) is 1. The van der Waals surface area contributed by atoms with Gasteiger partial charge in [0.1, 0.15) is 0 Å². The summed E-state index contributed by atoms with van der Waals surface area (Å²) < 4.78 is 28.0. The van der Waals surface area contributed by atoms with E-state index in [1.807, 2.05) is 0 Å². The summed E-state index contributed by atoms with van der Waals surface area (Å²) in [5.41, 5.74) is -0.0566. The summed E-state index contributed by atoms with van der Waals surface area (Å²) in [6.45, 7) is 4.12. The Kier molecular flexibility index (Phi) is 5.34. The second-order valence-electron chi connectivity index (χ2n) is 5.88. The molecule has 0 aromatic heterocycles. The molecule has 0 radical (unpaired) electrons. The largest absolute Gasteiger partial charge is 0.481 e. The van der Waals surface area contributed by atoms with Crippen molar-refractivity contribution in [2.24, 2.45) is 5.41 Å². The van der Waals surface area contributed by atoms with Crippen molar-refractivity contribution < 1.29 is 18.3 Å². The van der Waals surface area contributed by atoms with Gasteiger partial charge in [-0.3, -0.25) is 4.79 Å². The molecule has 2 N–H and O–H groups in total. The third kappa shape index (κ3) is 4.74. The molecule has 0 aliphatic heterocycles. The van der Waals surface area contributed by atoms with Crippen molar-refractivity contribution in [1.82, 2.24) is 9.03 Å². The lowest BCUT2D eigenvalue weighted by Crippen LogP contribution is -2.51. The first-order valence-electron chi connectivity index (χ1n) is 6.60. The average molecular weight is 292 g/mol. The maximum absolute atomic E-state index is 12.1. The molecule has 1 aliphatic carbocycles. The number of hydrogen-bond acceptors (Lipinski definition) is 3. The van der Waals surface area contributed by atoms with Gasteiger partial charge in [0.05, 0.1) is 6.42 Å². The molecule has 0 heterocycles. The molecule has 7 heteroatoms. The van der Waals surface area contributed by atoms with Gasteiger partial charge in [-0.2, -0.15) is 17.4 Å². The third-order valence-corrected chi connectivity index (χ3v) is 5.43. The molecule has 0 saturated heterocycles. The minimum Gasteiger partial charge on any atom is -0.481 e. The predicted molar refractivity (Wildman–Crippen MR) is 73.0 cm³/mol. The zero-order valence-corrected chi connectivity index (χ0v) is 12.7. The van der Waals surface area contributed by atoms with Crippen LogP contribution in [0.15, 0.2) is 0 Å². The molecule has 1 fully saturated rings. The summed E-state index contributed by atoms with van der Waals surface area (Å²) in [6.07, 6.45) is 3.79. The van der Waals surface area contributed by atoms with Crippen LogP contribution >= 0.6 is 0 Å². The summed E-state index contributed by atoms with van der Waals surface area (Å²) in [4.78, 5) is 10.5. The number of carboxylic acid groups (broad SMARTS) is 1. The van der Waals surface area contributed by atoms with E-state index in [2.05, 4.69) is 18.6 Å². The van der Waals surface area contributed by atoms with Crippen LogP contribution in [-0.4, -0.2) is 43.4 Å². The van der Waals surface area contributed by atoms with E-state index in [0.717, 1.165) is 30.0 Å². The Bertz CT molecular complexity index is 419. The molecule has 0 aromatic carbocycles. The van der Waals surface area contributed by atoms with E-state index < -0.39 is 16.2 Å². The zero-order valence-electron chi connectivity index (χ0n) is 11.8. The van der Waals surface area contributed by atoms with Crippen molar-refractivity contribution in [3.63, 3.8) is 0 Å². The van der Waals surface area contributed by atoms with Crippen molar-refractivity contribution in [2.45, 2.75) is 52.0 Å². The van der Waals surface area contributed by atoms with Crippen LogP contribution in [0.3, 0.4) is 0 Å². The molecule has 0 aromatic rings.